The molecule has 0 aromatic carbocycles. The van der Waals surface area contributed by atoms with E-state index in [-0.39, 0.29) is 30.9 Å². The van der Waals surface area contributed by atoms with E-state index in [1.807, 2.05) is 39.8 Å². The minimum Gasteiger partial charge on any atom is -0.466 e. The average molecular weight is 380 g/mol. The number of allylic oxidation sites excluding steroid dienone is 1. The molecule has 152 valence electrons. The maximum atomic E-state index is 13.3. The Hall–Kier alpha value is -1.89. The van der Waals surface area contributed by atoms with Crippen LogP contribution in [0.1, 0.15) is 41.5 Å². The summed E-state index contributed by atoms with van der Waals surface area (Å²) in [5, 5.41) is 12.6. The minimum atomic E-state index is -0.760. The van der Waals surface area contributed by atoms with Crippen LogP contribution in [0, 0.1) is 23.7 Å². The fourth-order valence-electron chi connectivity index (χ4n) is 4.15. The van der Waals surface area contributed by atoms with Gasteiger partial charge in [-0.2, -0.15) is 0 Å². The van der Waals surface area contributed by atoms with Crippen LogP contribution in [0.4, 0.5) is 0 Å². The van der Waals surface area contributed by atoms with Crippen LogP contribution >= 0.6 is 0 Å². The fourth-order valence-corrected chi connectivity index (χ4v) is 4.15. The third-order valence-electron chi connectivity index (χ3n) is 5.27. The number of nitrogens with zero attached hydrogens (tertiary/aromatic N) is 1. The van der Waals surface area contributed by atoms with Crippen molar-refractivity contribution < 1.29 is 24.2 Å². The molecule has 27 heavy (non-hydrogen) atoms. The van der Waals surface area contributed by atoms with E-state index >= 15 is 0 Å². The molecule has 2 aliphatic rings. The summed E-state index contributed by atoms with van der Waals surface area (Å²) in [6.45, 7) is 10.9. The number of hydrogen-bond acceptors (Lipinski definition) is 5. The van der Waals surface area contributed by atoms with Crippen molar-refractivity contribution in [2.75, 3.05) is 13.2 Å². The van der Waals surface area contributed by atoms with Crippen molar-refractivity contribution in [3.8, 4) is 0 Å². The molecule has 0 saturated carbocycles. The molecular weight excluding hydrogens is 348 g/mol. The van der Waals surface area contributed by atoms with Crippen LogP contribution < -0.4 is 5.32 Å². The second-order valence-corrected chi connectivity index (χ2v) is 8.59. The van der Waals surface area contributed by atoms with Crippen LogP contribution in [0.3, 0.4) is 0 Å². The molecule has 0 radical (unpaired) electrons. The quantitative estimate of drug-likeness (QED) is 0.550. The van der Waals surface area contributed by atoms with E-state index in [2.05, 4.69) is 5.32 Å². The lowest BCUT2D eigenvalue weighted by atomic mass is 9.70. The van der Waals surface area contributed by atoms with Crippen molar-refractivity contribution in [1.29, 1.82) is 0 Å². The van der Waals surface area contributed by atoms with Gasteiger partial charge in [-0.25, -0.2) is 0 Å². The van der Waals surface area contributed by atoms with E-state index < -0.39 is 41.3 Å². The molecule has 1 aliphatic carbocycles. The predicted molar refractivity (Wildman–Crippen MR) is 100 cm³/mol. The van der Waals surface area contributed by atoms with E-state index in [4.69, 9.17) is 4.74 Å². The summed E-state index contributed by atoms with van der Waals surface area (Å²) in [6.07, 6.45) is 3.76. The molecule has 7 nitrogen and oxygen atoms in total. The predicted octanol–water partition coefficient (Wildman–Crippen LogP) is 1.11. The van der Waals surface area contributed by atoms with Gasteiger partial charge in [0.15, 0.2) is 0 Å². The van der Waals surface area contributed by atoms with Gasteiger partial charge in [-0.1, -0.05) is 19.1 Å². The largest absolute Gasteiger partial charge is 0.466 e. The highest BCUT2D eigenvalue weighted by Gasteiger charge is 2.58. The smallest absolute Gasteiger partial charge is 0.310 e. The number of hydrogen-bond donors (Lipinski definition) is 2. The van der Waals surface area contributed by atoms with Gasteiger partial charge >= 0.3 is 5.97 Å². The van der Waals surface area contributed by atoms with Crippen molar-refractivity contribution in [3.05, 3.63) is 12.2 Å². The SMILES string of the molecule is CCOC(=O)[C@H]1[C@@H]2C(=O)N([C@H](C)CO)[C@H](C(=O)NC(C)(C)C)[C@H]2C=C[C@H]1C. The first-order valence-corrected chi connectivity index (χ1v) is 9.63. The van der Waals surface area contributed by atoms with Gasteiger partial charge in [0.25, 0.3) is 0 Å². The first-order valence-electron chi connectivity index (χ1n) is 9.63. The number of amides is 2. The molecule has 0 bridgehead atoms. The Bertz CT molecular complexity index is 624. The third-order valence-corrected chi connectivity index (χ3v) is 5.27. The second-order valence-electron chi connectivity index (χ2n) is 8.59. The topological polar surface area (TPSA) is 95.9 Å². The van der Waals surface area contributed by atoms with Crippen LogP contribution in [0.25, 0.3) is 0 Å². The molecule has 1 heterocycles. The first-order chi connectivity index (χ1) is 12.5. The third kappa shape index (κ3) is 4.18. The van der Waals surface area contributed by atoms with Crippen molar-refractivity contribution in [2.45, 2.75) is 59.2 Å². The summed E-state index contributed by atoms with van der Waals surface area (Å²) in [5.74, 6) is -2.84. The maximum Gasteiger partial charge on any atom is 0.310 e. The van der Waals surface area contributed by atoms with Crippen LogP contribution in [-0.2, 0) is 19.1 Å². The number of rotatable bonds is 5. The molecule has 2 N–H and O–H groups in total. The summed E-state index contributed by atoms with van der Waals surface area (Å²) in [4.78, 5) is 40.3. The Morgan fingerprint density at radius 1 is 1.33 bits per heavy atom. The van der Waals surface area contributed by atoms with Gasteiger partial charge in [0.05, 0.1) is 31.1 Å². The van der Waals surface area contributed by atoms with Gasteiger partial charge in [0.2, 0.25) is 11.8 Å². The Balaban J connectivity index is 2.46. The lowest BCUT2D eigenvalue weighted by molar-refractivity contribution is -0.155. The van der Waals surface area contributed by atoms with Crippen LogP contribution in [0.15, 0.2) is 12.2 Å². The lowest BCUT2D eigenvalue weighted by Crippen LogP contribution is -2.55. The molecular formula is C20H32N2O5. The Labute approximate surface area is 161 Å². The first kappa shape index (κ1) is 21.4. The zero-order valence-corrected chi connectivity index (χ0v) is 17.1. The molecule has 7 heteroatoms. The zero-order chi connectivity index (χ0) is 20.5. The van der Waals surface area contributed by atoms with Crippen LogP contribution in [0.2, 0.25) is 0 Å². The number of esters is 1. The van der Waals surface area contributed by atoms with Gasteiger partial charge in [-0.05, 0) is 40.5 Å². The van der Waals surface area contributed by atoms with Crippen molar-refractivity contribution in [2.24, 2.45) is 23.7 Å². The van der Waals surface area contributed by atoms with Crippen molar-refractivity contribution in [1.82, 2.24) is 10.2 Å². The monoisotopic (exact) mass is 380 g/mol. The molecule has 1 saturated heterocycles. The van der Waals surface area contributed by atoms with E-state index in [0.717, 1.165) is 0 Å². The molecule has 0 spiro atoms. The molecule has 1 fully saturated rings. The Morgan fingerprint density at radius 3 is 2.48 bits per heavy atom. The molecule has 2 rings (SSSR count). The number of aliphatic hydroxyl groups is 1. The number of nitrogens with one attached hydrogen (secondary N) is 1. The summed E-state index contributed by atoms with van der Waals surface area (Å²) in [6, 6.07) is -1.28. The van der Waals surface area contributed by atoms with Crippen molar-refractivity contribution >= 4 is 17.8 Å². The van der Waals surface area contributed by atoms with Gasteiger partial charge in [0.1, 0.15) is 6.04 Å². The molecule has 0 aromatic rings. The lowest BCUT2D eigenvalue weighted by Gasteiger charge is -2.34. The van der Waals surface area contributed by atoms with Gasteiger partial charge < -0.3 is 20.1 Å². The van der Waals surface area contributed by atoms with Crippen LogP contribution in [0.5, 0.6) is 0 Å². The van der Waals surface area contributed by atoms with E-state index in [1.165, 1.54) is 4.90 Å². The number of ether oxygens (including phenoxy) is 1. The molecule has 2 amide bonds. The second kappa shape index (κ2) is 8.00. The number of likely N-dealkylation sites (tertiary alicyclic amines) is 1. The standard InChI is InChI=1S/C20H32N2O5/c1-7-27-19(26)14-11(2)8-9-13-15(14)18(25)22(12(3)10-23)16(13)17(24)21-20(4,5)6/h8-9,11-16,23H,7,10H2,1-6H3,(H,21,24)/t11-,12-,13+,14-,15-,16+/m1/s1. The van der Waals surface area contributed by atoms with Gasteiger partial charge in [0, 0.05) is 11.5 Å². The van der Waals surface area contributed by atoms with Gasteiger partial charge in [-0.15, -0.1) is 0 Å². The Kier molecular flexibility index (Phi) is 6.35. The number of carbonyl (C=O) groups excluding carboxylic acids is 3. The summed E-state index contributed by atoms with van der Waals surface area (Å²) in [5.41, 5.74) is -0.460. The van der Waals surface area contributed by atoms with E-state index in [9.17, 15) is 19.5 Å². The zero-order valence-electron chi connectivity index (χ0n) is 17.1. The van der Waals surface area contributed by atoms with E-state index in [1.54, 1.807) is 13.8 Å². The molecule has 6 atom stereocenters. The van der Waals surface area contributed by atoms with E-state index in [0.29, 0.717) is 0 Å². The average Bonchev–Trinajstić information content (AvgIpc) is 2.85. The summed E-state index contributed by atoms with van der Waals surface area (Å²) >= 11 is 0. The highest BCUT2D eigenvalue weighted by atomic mass is 16.5. The minimum absolute atomic E-state index is 0.162. The van der Waals surface area contributed by atoms with Gasteiger partial charge in [-0.3, -0.25) is 14.4 Å². The summed E-state index contributed by atoms with van der Waals surface area (Å²) in [7, 11) is 0. The fraction of sp³-hybridized carbons (Fsp3) is 0.750. The molecule has 0 unspecified atom stereocenters. The molecule has 1 aliphatic heterocycles. The molecule has 0 aromatic heterocycles. The highest BCUT2D eigenvalue weighted by molar-refractivity contribution is 5.96. The summed E-state index contributed by atoms with van der Waals surface area (Å²) < 4.78 is 5.21. The number of carbonyl (C=O) groups is 3. The van der Waals surface area contributed by atoms with Crippen molar-refractivity contribution in [3.63, 3.8) is 0 Å². The highest BCUT2D eigenvalue weighted by Crippen LogP contribution is 2.45. The normalized spacial score (nSPS) is 31.4. The Morgan fingerprint density at radius 2 is 1.96 bits per heavy atom. The maximum absolute atomic E-state index is 13.3. The number of aliphatic hydroxyl groups excluding tert-OH is 1. The van der Waals surface area contributed by atoms with Crippen LogP contribution in [-0.4, -0.2) is 58.6 Å². The number of fused-ring (bicyclic) bond motifs is 1.